The second kappa shape index (κ2) is 7.62. The number of morpholine rings is 2. The number of hydrogen-bond acceptors (Lipinski definition) is 8. The van der Waals surface area contributed by atoms with Crippen molar-refractivity contribution in [2.75, 3.05) is 49.3 Å². The van der Waals surface area contributed by atoms with Gasteiger partial charge in [-0.2, -0.15) is 15.0 Å². The van der Waals surface area contributed by atoms with Crippen LogP contribution in [0.2, 0.25) is 0 Å². The van der Waals surface area contributed by atoms with E-state index in [1.165, 1.54) is 0 Å². The molecular formula is C20H25N5O3. The van der Waals surface area contributed by atoms with Crippen LogP contribution in [-0.4, -0.2) is 71.7 Å². The van der Waals surface area contributed by atoms with E-state index in [-0.39, 0.29) is 6.61 Å². The first-order valence-corrected chi connectivity index (χ1v) is 9.97. The van der Waals surface area contributed by atoms with Crippen molar-refractivity contribution in [1.29, 1.82) is 0 Å². The molecule has 8 nitrogen and oxygen atoms in total. The van der Waals surface area contributed by atoms with E-state index in [1.54, 1.807) is 0 Å². The van der Waals surface area contributed by atoms with Crippen LogP contribution in [-0.2, 0) is 16.1 Å². The number of nitrogens with zero attached hydrogens (tertiary/aromatic N) is 5. The van der Waals surface area contributed by atoms with Gasteiger partial charge in [0.05, 0.1) is 45.1 Å². The third-order valence-corrected chi connectivity index (χ3v) is 5.74. The molecule has 1 aromatic heterocycles. The van der Waals surface area contributed by atoms with Crippen molar-refractivity contribution in [2.24, 2.45) is 0 Å². The zero-order chi connectivity index (χ0) is 18.9. The predicted octanol–water partition coefficient (Wildman–Crippen LogP) is 1.24. The zero-order valence-electron chi connectivity index (χ0n) is 15.8. The Morgan fingerprint density at radius 3 is 2.46 bits per heavy atom. The minimum absolute atomic E-state index is 0.00425. The molecule has 0 amide bonds. The first kappa shape index (κ1) is 17.8. The summed E-state index contributed by atoms with van der Waals surface area (Å²) in [7, 11) is 0. The molecule has 5 rings (SSSR count). The molecule has 2 aromatic rings. The Balaban J connectivity index is 1.57. The summed E-state index contributed by atoms with van der Waals surface area (Å²) >= 11 is 0. The Morgan fingerprint density at radius 1 is 0.964 bits per heavy atom. The van der Waals surface area contributed by atoms with Gasteiger partial charge in [-0.3, -0.25) is 0 Å². The number of benzene rings is 1. The highest BCUT2D eigenvalue weighted by Gasteiger charge is 2.39. The van der Waals surface area contributed by atoms with Crippen LogP contribution < -0.4 is 9.80 Å². The van der Waals surface area contributed by atoms with Crippen LogP contribution in [0.4, 0.5) is 11.9 Å². The third kappa shape index (κ3) is 3.32. The number of fused-ring (bicyclic) bond motifs is 2. The van der Waals surface area contributed by atoms with Crippen LogP contribution in [0.5, 0.6) is 0 Å². The van der Waals surface area contributed by atoms with Gasteiger partial charge in [0.1, 0.15) is 0 Å². The predicted molar refractivity (Wildman–Crippen MR) is 104 cm³/mol. The van der Waals surface area contributed by atoms with E-state index in [1.807, 2.05) is 24.3 Å². The minimum atomic E-state index is -0.00425. The second-order valence-electron chi connectivity index (χ2n) is 7.55. The van der Waals surface area contributed by atoms with Crippen LogP contribution >= 0.6 is 0 Å². The summed E-state index contributed by atoms with van der Waals surface area (Å²) in [4.78, 5) is 19.0. The van der Waals surface area contributed by atoms with E-state index < -0.39 is 0 Å². The standard InChI is InChI=1S/C20H25N5O3/c26-11-14-2-1-3-15(10-14)18-21-19(24-6-8-27-9-7-24)23-20(22-18)25-16-4-5-17(25)13-28-12-16/h1-3,10,16-17,26H,4-9,11-13H2. The molecule has 1 N–H and O–H groups in total. The molecule has 8 heteroatoms. The molecule has 3 aliphatic rings. The van der Waals surface area contributed by atoms with Crippen LogP contribution in [0.15, 0.2) is 24.3 Å². The first-order valence-electron chi connectivity index (χ1n) is 9.97. The van der Waals surface area contributed by atoms with E-state index in [0.717, 1.165) is 56.2 Å². The molecule has 0 saturated carbocycles. The van der Waals surface area contributed by atoms with Gasteiger partial charge >= 0.3 is 0 Å². The molecule has 3 fully saturated rings. The van der Waals surface area contributed by atoms with Crippen LogP contribution in [0.3, 0.4) is 0 Å². The van der Waals surface area contributed by atoms with Crippen molar-refractivity contribution in [3.05, 3.63) is 29.8 Å². The Bertz CT molecular complexity index is 826. The number of rotatable bonds is 4. The van der Waals surface area contributed by atoms with Crippen molar-refractivity contribution in [3.8, 4) is 11.4 Å². The van der Waals surface area contributed by atoms with Gasteiger partial charge in [0, 0.05) is 18.7 Å². The smallest absolute Gasteiger partial charge is 0.231 e. The van der Waals surface area contributed by atoms with Gasteiger partial charge in [-0.1, -0.05) is 18.2 Å². The molecule has 2 bridgehead atoms. The van der Waals surface area contributed by atoms with Gasteiger partial charge in [-0.15, -0.1) is 0 Å². The second-order valence-corrected chi connectivity index (χ2v) is 7.55. The van der Waals surface area contributed by atoms with Crippen LogP contribution in [0.1, 0.15) is 18.4 Å². The molecule has 28 heavy (non-hydrogen) atoms. The van der Waals surface area contributed by atoms with Crippen molar-refractivity contribution in [1.82, 2.24) is 15.0 Å². The fourth-order valence-electron chi connectivity index (χ4n) is 4.27. The highest BCUT2D eigenvalue weighted by atomic mass is 16.5. The van der Waals surface area contributed by atoms with E-state index in [0.29, 0.717) is 37.1 Å². The van der Waals surface area contributed by atoms with Gasteiger partial charge in [0.2, 0.25) is 11.9 Å². The highest BCUT2D eigenvalue weighted by molar-refractivity contribution is 5.60. The lowest BCUT2D eigenvalue weighted by Gasteiger charge is -2.35. The quantitative estimate of drug-likeness (QED) is 0.844. The lowest BCUT2D eigenvalue weighted by atomic mass is 10.1. The Labute approximate surface area is 164 Å². The largest absolute Gasteiger partial charge is 0.392 e. The van der Waals surface area contributed by atoms with Crippen molar-refractivity contribution >= 4 is 11.9 Å². The Morgan fingerprint density at radius 2 is 1.71 bits per heavy atom. The SMILES string of the molecule is OCc1cccc(-c2nc(N3CCOCC3)nc(N3C4CCC3COC4)n2)c1. The normalized spacial score (nSPS) is 24.6. The summed E-state index contributed by atoms with van der Waals surface area (Å²) in [6.07, 6.45) is 2.22. The zero-order valence-corrected chi connectivity index (χ0v) is 15.8. The van der Waals surface area contributed by atoms with E-state index in [9.17, 15) is 5.11 Å². The van der Waals surface area contributed by atoms with Gasteiger partial charge in [-0.25, -0.2) is 0 Å². The van der Waals surface area contributed by atoms with Gasteiger partial charge in [-0.05, 0) is 24.5 Å². The number of anilines is 2. The molecule has 3 saturated heterocycles. The number of aliphatic hydroxyl groups is 1. The number of aromatic nitrogens is 3. The maximum Gasteiger partial charge on any atom is 0.231 e. The molecule has 1 aromatic carbocycles. The average molecular weight is 383 g/mol. The Kier molecular flexibility index (Phi) is 4.84. The van der Waals surface area contributed by atoms with E-state index >= 15 is 0 Å². The topological polar surface area (TPSA) is 83.8 Å². The van der Waals surface area contributed by atoms with Gasteiger partial charge in [0.25, 0.3) is 0 Å². The summed E-state index contributed by atoms with van der Waals surface area (Å²) in [5.41, 5.74) is 1.74. The molecule has 2 atom stereocenters. The monoisotopic (exact) mass is 383 g/mol. The average Bonchev–Trinajstić information content (AvgIpc) is 3.02. The molecule has 2 unspecified atom stereocenters. The number of ether oxygens (including phenoxy) is 2. The fraction of sp³-hybridized carbons (Fsp3) is 0.550. The Hall–Kier alpha value is -2.29. The summed E-state index contributed by atoms with van der Waals surface area (Å²) in [6, 6.07) is 8.41. The van der Waals surface area contributed by atoms with Crippen molar-refractivity contribution in [3.63, 3.8) is 0 Å². The fourth-order valence-corrected chi connectivity index (χ4v) is 4.27. The van der Waals surface area contributed by atoms with Gasteiger partial charge < -0.3 is 24.4 Å². The van der Waals surface area contributed by atoms with Crippen molar-refractivity contribution in [2.45, 2.75) is 31.5 Å². The molecule has 0 spiro atoms. The van der Waals surface area contributed by atoms with Crippen LogP contribution in [0, 0.1) is 0 Å². The maximum absolute atomic E-state index is 9.51. The molecule has 148 valence electrons. The van der Waals surface area contributed by atoms with E-state index in [4.69, 9.17) is 24.4 Å². The molecule has 4 heterocycles. The summed E-state index contributed by atoms with van der Waals surface area (Å²) in [5.74, 6) is 2.08. The molecule has 0 radical (unpaired) electrons. The summed E-state index contributed by atoms with van der Waals surface area (Å²) in [6.45, 7) is 4.36. The molecule has 3 aliphatic heterocycles. The number of aliphatic hydroxyl groups excluding tert-OH is 1. The van der Waals surface area contributed by atoms with E-state index in [2.05, 4.69) is 9.80 Å². The lowest BCUT2D eigenvalue weighted by Crippen LogP contribution is -2.47. The first-order chi connectivity index (χ1) is 13.8. The highest BCUT2D eigenvalue weighted by Crippen LogP contribution is 2.33. The molecular weight excluding hydrogens is 358 g/mol. The van der Waals surface area contributed by atoms with Crippen LogP contribution in [0.25, 0.3) is 11.4 Å². The lowest BCUT2D eigenvalue weighted by molar-refractivity contribution is 0.0897. The summed E-state index contributed by atoms with van der Waals surface area (Å²) in [5, 5.41) is 9.51. The minimum Gasteiger partial charge on any atom is -0.392 e. The third-order valence-electron chi connectivity index (χ3n) is 5.74. The number of hydrogen-bond donors (Lipinski definition) is 1. The van der Waals surface area contributed by atoms with Gasteiger partial charge in [0.15, 0.2) is 5.82 Å². The maximum atomic E-state index is 9.51. The van der Waals surface area contributed by atoms with Crippen molar-refractivity contribution < 1.29 is 14.6 Å². The molecule has 0 aliphatic carbocycles. The summed E-state index contributed by atoms with van der Waals surface area (Å²) < 4.78 is 11.2.